The first kappa shape index (κ1) is 20.5. The Balaban J connectivity index is 2.18. The summed E-state index contributed by atoms with van der Waals surface area (Å²) in [5.74, 6) is -0.227. The van der Waals surface area contributed by atoms with Gasteiger partial charge in [0.05, 0.1) is 7.11 Å². The number of hydrogen-bond acceptors (Lipinski definition) is 4. The number of alkyl halides is 2. The van der Waals surface area contributed by atoms with Crippen LogP contribution in [0, 0.1) is 0 Å². The number of anilines is 1. The van der Waals surface area contributed by atoms with E-state index in [4.69, 9.17) is 4.74 Å². The molecule has 0 saturated carbocycles. The van der Waals surface area contributed by atoms with Crippen molar-refractivity contribution in [1.29, 1.82) is 0 Å². The number of ether oxygens (including phenoxy) is 2. The molecule has 0 bridgehead atoms. The molecule has 0 spiro atoms. The van der Waals surface area contributed by atoms with E-state index in [-0.39, 0.29) is 17.4 Å². The van der Waals surface area contributed by atoms with Gasteiger partial charge in [0.15, 0.2) is 11.5 Å². The minimum absolute atomic E-state index is 0.0903. The molecule has 2 aromatic carbocycles. The van der Waals surface area contributed by atoms with Crippen LogP contribution in [0.15, 0.2) is 42.5 Å². The lowest BCUT2D eigenvalue weighted by atomic mass is 10.1. The molecule has 0 unspecified atom stereocenters. The van der Waals surface area contributed by atoms with E-state index in [1.165, 1.54) is 25.3 Å². The molecule has 0 N–H and O–H groups in total. The lowest BCUT2D eigenvalue weighted by Gasteiger charge is -2.22. The topological polar surface area (TPSA) is 42.0 Å². The van der Waals surface area contributed by atoms with E-state index in [1.807, 2.05) is 50.2 Å². The normalized spacial score (nSPS) is 10.6. The Morgan fingerprint density at radius 1 is 1.07 bits per heavy atom. The Labute approximate surface area is 158 Å². The van der Waals surface area contributed by atoms with Gasteiger partial charge in [-0.3, -0.25) is 4.79 Å². The van der Waals surface area contributed by atoms with Crippen molar-refractivity contribution in [3.8, 4) is 11.5 Å². The van der Waals surface area contributed by atoms with Gasteiger partial charge in [-0.05, 0) is 42.8 Å². The summed E-state index contributed by atoms with van der Waals surface area (Å²) in [6.07, 6.45) is 0. The average Bonchev–Trinajstić information content (AvgIpc) is 2.65. The molecule has 2 aromatic rings. The highest BCUT2D eigenvalue weighted by molar-refractivity contribution is 5.95. The standard InChI is InChI=1S/C20H24F2N2O3/c1-5-24(13-14-6-9-16(10-7-14)23(2)3)19(25)15-8-11-17(27-20(21)22)18(12-15)26-4/h6-12,20H,5,13H2,1-4H3. The first-order valence-electron chi connectivity index (χ1n) is 8.54. The van der Waals surface area contributed by atoms with Crippen LogP contribution in [-0.2, 0) is 6.54 Å². The lowest BCUT2D eigenvalue weighted by Crippen LogP contribution is -2.30. The third-order valence-electron chi connectivity index (χ3n) is 4.12. The van der Waals surface area contributed by atoms with Crippen molar-refractivity contribution in [2.45, 2.75) is 20.1 Å². The molecule has 5 nitrogen and oxygen atoms in total. The molecule has 0 aliphatic heterocycles. The molecule has 0 aromatic heterocycles. The van der Waals surface area contributed by atoms with Gasteiger partial charge in [0, 0.05) is 38.4 Å². The zero-order valence-corrected chi connectivity index (χ0v) is 15.9. The second kappa shape index (κ2) is 9.21. The van der Waals surface area contributed by atoms with Gasteiger partial charge in [-0.1, -0.05) is 12.1 Å². The van der Waals surface area contributed by atoms with E-state index in [0.717, 1.165) is 11.3 Å². The minimum Gasteiger partial charge on any atom is -0.493 e. The summed E-state index contributed by atoms with van der Waals surface area (Å²) in [5.41, 5.74) is 2.42. The fourth-order valence-electron chi connectivity index (χ4n) is 2.62. The molecule has 27 heavy (non-hydrogen) atoms. The van der Waals surface area contributed by atoms with E-state index in [9.17, 15) is 13.6 Å². The number of methoxy groups -OCH3 is 1. The minimum atomic E-state index is -2.96. The summed E-state index contributed by atoms with van der Waals surface area (Å²) in [6, 6.07) is 12.1. The molecule has 0 saturated heterocycles. The van der Waals surface area contributed by atoms with Gasteiger partial charge in [-0.2, -0.15) is 8.78 Å². The van der Waals surface area contributed by atoms with Crippen LogP contribution < -0.4 is 14.4 Å². The number of nitrogens with zero attached hydrogens (tertiary/aromatic N) is 2. The third-order valence-corrected chi connectivity index (χ3v) is 4.12. The van der Waals surface area contributed by atoms with Crippen molar-refractivity contribution < 1.29 is 23.0 Å². The van der Waals surface area contributed by atoms with Crippen molar-refractivity contribution in [2.75, 3.05) is 32.6 Å². The van der Waals surface area contributed by atoms with Crippen LogP contribution in [0.25, 0.3) is 0 Å². The van der Waals surface area contributed by atoms with Gasteiger partial charge in [0.1, 0.15) is 0 Å². The maximum absolute atomic E-state index is 12.8. The van der Waals surface area contributed by atoms with Crippen molar-refractivity contribution in [3.63, 3.8) is 0 Å². The molecule has 0 heterocycles. The van der Waals surface area contributed by atoms with E-state index >= 15 is 0 Å². The van der Waals surface area contributed by atoms with Crippen molar-refractivity contribution in [3.05, 3.63) is 53.6 Å². The largest absolute Gasteiger partial charge is 0.493 e. The molecule has 146 valence electrons. The molecular weight excluding hydrogens is 354 g/mol. The molecule has 0 radical (unpaired) electrons. The molecule has 1 amide bonds. The van der Waals surface area contributed by atoms with Crippen molar-refractivity contribution in [1.82, 2.24) is 4.90 Å². The van der Waals surface area contributed by atoms with Crippen LogP contribution in [0.3, 0.4) is 0 Å². The molecule has 2 rings (SSSR count). The summed E-state index contributed by atoms with van der Waals surface area (Å²) in [5, 5.41) is 0. The number of carbonyl (C=O) groups is 1. The van der Waals surface area contributed by atoms with Gasteiger partial charge in [0.25, 0.3) is 5.91 Å². The number of rotatable bonds is 8. The van der Waals surface area contributed by atoms with E-state index in [0.29, 0.717) is 18.7 Å². The monoisotopic (exact) mass is 378 g/mol. The van der Waals surface area contributed by atoms with Crippen molar-refractivity contribution >= 4 is 11.6 Å². The number of carbonyl (C=O) groups excluding carboxylic acids is 1. The predicted molar refractivity (Wildman–Crippen MR) is 101 cm³/mol. The number of halogens is 2. The summed E-state index contributed by atoms with van der Waals surface area (Å²) in [7, 11) is 5.27. The van der Waals surface area contributed by atoms with Crippen LogP contribution >= 0.6 is 0 Å². The van der Waals surface area contributed by atoms with Crippen LogP contribution in [0.4, 0.5) is 14.5 Å². The number of amides is 1. The van der Waals surface area contributed by atoms with E-state index in [2.05, 4.69) is 4.74 Å². The first-order chi connectivity index (χ1) is 12.8. The van der Waals surface area contributed by atoms with Crippen LogP contribution in [0.5, 0.6) is 11.5 Å². The van der Waals surface area contributed by atoms with Gasteiger partial charge in [-0.25, -0.2) is 0 Å². The van der Waals surface area contributed by atoms with Crippen LogP contribution in [0.1, 0.15) is 22.8 Å². The molecule has 0 aliphatic carbocycles. The van der Waals surface area contributed by atoms with Gasteiger partial charge >= 0.3 is 6.61 Å². The van der Waals surface area contributed by atoms with E-state index < -0.39 is 6.61 Å². The Morgan fingerprint density at radius 3 is 2.26 bits per heavy atom. The average molecular weight is 378 g/mol. The second-order valence-corrected chi connectivity index (χ2v) is 6.12. The summed E-state index contributed by atoms with van der Waals surface area (Å²) in [4.78, 5) is 16.5. The molecule has 7 heteroatoms. The maximum Gasteiger partial charge on any atom is 0.387 e. The predicted octanol–water partition coefficient (Wildman–Crippen LogP) is 4.02. The van der Waals surface area contributed by atoms with Crippen molar-refractivity contribution in [2.24, 2.45) is 0 Å². The fourth-order valence-corrected chi connectivity index (χ4v) is 2.62. The van der Waals surface area contributed by atoms with Crippen LogP contribution in [-0.4, -0.2) is 45.2 Å². The Morgan fingerprint density at radius 2 is 1.74 bits per heavy atom. The smallest absolute Gasteiger partial charge is 0.387 e. The second-order valence-electron chi connectivity index (χ2n) is 6.12. The third kappa shape index (κ3) is 5.32. The zero-order chi connectivity index (χ0) is 20.0. The van der Waals surface area contributed by atoms with Gasteiger partial charge in [0.2, 0.25) is 0 Å². The Kier molecular flexibility index (Phi) is 6.98. The highest BCUT2D eigenvalue weighted by atomic mass is 19.3. The maximum atomic E-state index is 12.8. The van der Waals surface area contributed by atoms with Crippen LogP contribution in [0.2, 0.25) is 0 Å². The van der Waals surface area contributed by atoms with Gasteiger partial charge < -0.3 is 19.3 Å². The summed E-state index contributed by atoms with van der Waals surface area (Å²) < 4.78 is 34.4. The number of hydrogen-bond donors (Lipinski definition) is 0. The molecular formula is C20H24F2N2O3. The molecule has 0 atom stereocenters. The van der Waals surface area contributed by atoms with Gasteiger partial charge in [-0.15, -0.1) is 0 Å². The SMILES string of the molecule is CCN(Cc1ccc(N(C)C)cc1)C(=O)c1ccc(OC(F)F)c(OC)c1. The summed E-state index contributed by atoms with van der Waals surface area (Å²) >= 11 is 0. The lowest BCUT2D eigenvalue weighted by molar-refractivity contribution is -0.0512. The fraction of sp³-hybridized carbons (Fsp3) is 0.350. The quantitative estimate of drug-likeness (QED) is 0.696. The molecule has 0 fully saturated rings. The molecule has 0 aliphatic rings. The summed E-state index contributed by atoms with van der Waals surface area (Å²) in [6.45, 7) is -0.123. The number of benzene rings is 2. The Hall–Kier alpha value is -2.83. The van der Waals surface area contributed by atoms with E-state index in [1.54, 1.807) is 4.90 Å². The highest BCUT2D eigenvalue weighted by Crippen LogP contribution is 2.30. The first-order valence-corrected chi connectivity index (χ1v) is 8.54. The highest BCUT2D eigenvalue weighted by Gasteiger charge is 2.18. The zero-order valence-electron chi connectivity index (χ0n) is 15.9. The Bertz CT molecular complexity index is 764.